The van der Waals surface area contributed by atoms with Crippen molar-refractivity contribution >= 4 is 29.0 Å². The van der Waals surface area contributed by atoms with Crippen LogP contribution in [0.4, 0.5) is 0 Å². The molecule has 0 bridgehead atoms. The van der Waals surface area contributed by atoms with Gasteiger partial charge in [-0.1, -0.05) is 56.5 Å². The Labute approximate surface area is 162 Å². The van der Waals surface area contributed by atoms with Gasteiger partial charge in [-0.3, -0.25) is 14.6 Å². The van der Waals surface area contributed by atoms with Crippen molar-refractivity contribution in [1.29, 1.82) is 0 Å². The molecule has 0 saturated carbocycles. The third kappa shape index (κ3) is 4.71. The van der Waals surface area contributed by atoms with Crippen molar-refractivity contribution in [3.8, 4) is 0 Å². The van der Waals surface area contributed by atoms with Crippen LogP contribution >= 0.6 is 12.2 Å². The van der Waals surface area contributed by atoms with Gasteiger partial charge in [-0.2, -0.15) is 0 Å². The van der Waals surface area contributed by atoms with E-state index >= 15 is 0 Å². The van der Waals surface area contributed by atoms with E-state index in [1.54, 1.807) is 18.2 Å². The van der Waals surface area contributed by atoms with Crippen LogP contribution in [0.1, 0.15) is 54.6 Å². The van der Waals surface area contributed by atoms with E-state index in [1.165, 1.54) is 0 Å². The summed E-state index contributed by atoms with van der Waals surface area (Å²) in [5.41, 5.74) is 1.88. The fraction of sp³-hybridized carbons (Fsp3) is 0.286. The number of benzene rings is 2. The number of fused-ring (bicyclic) bond motifs is 1. The zero-order valence-corrected chi connectivity index (χ0v) is 16.1. The van der Waals surface area contributed by atoms with Crippen LogP contribution in [-0.4, -0.2) is 15.9 Å². The quantitative estimate of drug-likeness (QED) is 0.412. The van der Waals surface area contributed by atoms with E-state index in [2.05, 4.69) is 22.2 Å². The van der Waals surface area contributed by atoms with Gasteiger partial charge in [0.05, 0.1) is 16.9 Å². The summed E-state index contributed by atoms with van der Waals surface area (Å²) in [6, 6.07) is 14.9. The van der Waals surface area contributed by atoms with E-state index in [1.807, 2.05) is 30.3 Å². The largest absolute Gasteiger partial charge is 0.345 e. The number of unbranched alkanes of at least 4 members (excludes halogenated alkanes) is 2. The first-order valence-corrected chi connectivity index (χ1v) is 9.61. The molecule has 2 aromatic carbocycles. The van der Waals surface area contributed by atoms with Crippen molar-refractivity contribution in [3.05, 3.63) is 74.8 Å². The molecule has 0 radical (unpaired) electrons. The lowest BCUT2D eigenvalue weighted by Crippen LogP contribution is -2.28. The second-order valence-corrected chi connectivity index (χ2v) is 7.01. The van der Waals surface area contributed by atoms with E-state index < -0.39 is 0 Å². The molecule has 3 aromatic rings. The van der Waals surface area contributed by atoms with Crippen molar-refractivity contribution in [1.82, 2.24) is 15.3 Å². The number of rotatable bonds is 7. The van der Waals surface area contributed by atoms with Crippen LogP contribution in [0.2, 0.25) is 0 Å². The second-order valence-electron chi connectivity index (χ2n) is 6.60. The highest BCUT2D eigenvalue weighted by atomic mass is 32.1. The fourth-order valence-corrected chi connectivity index (χ4v) is 3.36. The highest BCUT2D eigenvalue weighted by Gasteiger charge is 2.16. The van der Waals surface area contributed by atoms with Gasteiger partial charge >= 0.3 is 0 Å². The zero-order chi connectivity index (χ0) is 19.2. The fourth-order valence-electron chi connectivity index (χ4n) is 3.16. The molecule has 140 valence electrons. The summed E-state index contributed by atoms with van der Waals surface area (Å²) in [6.07, 6.45) is 4.21. The van der Waals surface area contributed by atoms with Crippen LogP contribution in [0.3, 0.4) is 0 Å². The maximum absolute atomic E-state index is 12.8. The van der Waals surface area contributed by atoms with Crippen LogP contribution in [0.25, 0.3) is 10.9 Å². The summed E-state index contributed by atoms with van der Waals surface area (Å²) in [7, 11) is 0. The molecule has 3 N–H and O–H groups in total. The lowest BCUT2D eigenvalue weighted by molar-refractivity contribution is 0.0934. The summed E-state index contributed by atoms with van der Waals surface area (Å²) in [5, 5.41) is 3.61. The van der Waals surface area contributed by atoms with Crippen LogP contribution in [0.15, 0.2) is 53.3 Å². The number of nitrogens with one attached hydrogen (secondary N) is 3. The molecule has 3 rings (SSSR count). The SMILES string of the molecule is CCCCCC(NC(=O)c1ccc2c(=O)[nH]c(=S)[nH]c2c1)c1ccccc1. The lowest BCUT2D eigenvalue weighted by Gasteiger charge is -2.19. The first kappa shape index (κ1) is 19.0. The Morgan fingerprint density at radius 1 is 1.11 bits per heavy atom. The molecule has 1 amide bonds. The van der Waals surface area contributed by atoms with Crippen LogP contribution in [0.5, 0.6) is 0 Å². The highest BCUT2D eigenvalue weighted by Crippen LogP contribution is 2.21. The van der Waals surface area contributed by atoms with Gasteiger partial charge in [-0.25, -0.2) is 0 Å². The normalized spacial score (nSPS) is 12.0. The van der Waals surface area contributed by atoms with E-state index in [9.17, 15) is 9.59 Å². The van der Waals surface area contributed by atoms with Crippen molar-refractivity contribution in [2.45, 2.75) is 38.6 Å². The highest BCUT2D eigenvalue weighted by molar-refractivity contribution is 7.71. The van der Waals surface area contributed by atoms with Crippen molar-refractivity contribution in [2.75, 3.05) is 0 Å². The molecule has 0 spiro atoms. The van der Waals surface area contributed by atoms with Gasteiger partial charge in [0, 0.05) is 5.56 Å². The smallest absolute Gasteiger partial charge is 0.259 e. The number of carbonyl (C=O) groups is 1. The standard InChI is InChI=1S/C21H23N3O2S/c1-2-3-5-10-17(14-8-6-4-7-9-14)22-19(25)15-11-12-16-18(13-15)23-21(27)24-20(16)26/h4,6-9,11-13,17H,2-3,5,10H2,1H3,(H,22,25)(H2,23,24,26,27). The molecule has 0 aliphatic carbocycles. The van der Waals surface area contributed by atoms with Crippen molar-refractivity contribution in [3.63, 3.8) is 0 Å². The number of amides is 1. The number of carbonyl (C=O) groups excluding carboxylic acids is 1. The summed E-state index contributed by atoms with van der Waals surface area (Å²) in [4.78, 5) is 30.3. The minimum atomic E-state index is -0.262. The van der Waals surface area contributed by atoms with Crippen molar-refractivity contribution < 1.29 is 4.79 Å². The molecule has 5 nitrogen and oxygen atoms in total. The summed E-state index contributed by atoms with van der Waals surface area (Å²) >= 11 is 5.02. The molecule has 27 heavy (non-hydrogen) atoms. The van der Waals surface area contributed by atoms with E-state index in [0.717, 1.165) is 31.2 Å². The van der Waals surface area contributed by atoms with Gasteiger partial charge in [0.2, 0.25) is 0 Å². The number of H-pyrrole nitrogens is 2. The molecule has 0 aliphatic heterocycles. The third-order valence-electron chi connectivity index (χ3n) is 4.61. The lowest BCUT2D eigenvalue weighted by atomic mass is 10.00. The average Bonchev–Trinajstić information content (AvgIpc) is 2.67. The Morgan fingerprint density at radius 3 is 2.63 bits per heavy atom. The van der Waals surface area contributed by atoms with Crippen LogP contribution in [0, 0.1) is 4.77 Å². The minimum Gasteiger partial charge on any atom is -0.345 e. The van der Waals surface area contributed by atoms with Gasteiger partial charge < -0.3 is 10.3 Å². The molecule has 0 saturated heterocycles. The molecule has 0 fully saturated rings. The Kier molecular flexibility index (Phi) is 6.19. The molecule has 1 aromatic heterocycles. The number of aromatic nitrogens is 2. The Hall–Kier alpha value is -2.73. The monoisotopic (exact) mass is 381 g/mol. The summed E-state index contributed by atoms with van der Waals surface area (Å²) in [5.74, 6) is -0.165. The zero-order valence-electron chi connectivity index (χ0n) is 15.2. The number of hydrogen-bond acceptors (Lipinski definition) is 3. The number of hydrogen-bond donors (Lipinski definition) is 3. The van der Waals surface area contributed by atoms with Gasteiger partial charge in [-0.15, -0.1) is 0 Å². The number of aromatic amines is 2. The predicted octanol–water partition coefficient (Wildman–Crippen LogP) is 4.64. The minimum absolute atomic E-state index is 0.0429. The molecule has 0 aliphatic rings. The Bertz CT molecular complexity index is 1040. The molecule has 1 atom stereocenters. The van der Waals surface area contributed by atoms with E-state index in [-0.39, 0.29) is 22.3 Å². The summed E-state index contributed by atoms with van der Waals surface area (Å²) < 4.78 is 0.242. The predicted molar refractivity (Wildman–Crippen MR) is 111 cm³/mol. The first-order valence-electron chi connectivity index (χ1n) is 9.20. The van der Waals surface area contributed by atoms with Gasteiger partial charge in [0.1, 0.15) is 0 Å². The van der Waals surface area contributed by atoms with E-state index in [0.29, 0.717) is 16.5 Å². The molecular formula is C21H23N3O2S. The molecule has 1 unspecified atom stereocenters. The maximum Gasteiger partial charge on any atom is 0.259 e. The Morgan fingerprint density at radius 2 is 1.89 bits per heavy atom. The molecular weight excluding hydrogens is 358 g/mol. The van der Waals surface area contributed by atoms with Crippen LogP contribution < -0.4 is 10.9 Å². The Balaban J connectivity index is 1.85. The van der Waals surface area contributed by atoms with Gasteiger partial charge in [0.25, 0.3) is 11.5 Å². The van der Waals surface area contributed by atoms with Gasteiger partial charge in [-0.05, 0) is 42.4 Å². The molecule has 1 heterocycles. The van der Waals surface area contributed by atoms with E-state index in [4.69, 9.17) is 12.2 Å². The average molecular weight is 382 g/mol. The second kappa shape index (κ2) is 8.77. The van der Waals surface area contributed by atoms with Gasteiger partial charge in [0.15, 0.2) is 4.77 Å². The van der Waals surface area contributed by atoms with Crippen LogP contribution in [-0.2, 0) is 0 Å². The first-order chi connectivity index (χ1) is 13.1. The third-order valence-corrected chi connectivity index (χ3v) is 4.81. The molecule has 6 heteroatoms. The summed E-state index contributed by atoms with van der Waals surface area (Å²) in [6.45, 7) is 2.16. The topological polar surface area (TPSA) is 77.8 Å². The van der Waals surface area contributed by atoms with Crippen molar-refractivity contribution in [2.24, 2.45) is 0 Å². The maximum atomic E-state index is 12.8.